The highest BCUT2D eigenvalue weighted by Crippen LogP contribution is 2.36. The molecule has 2 aromatic rings. The number of methoxy groups -OCH3 is 1. The van der Waals surface area contributed by atoms with Crippen molar-refractivity contribution in [1.29, 1.82) is 0 Å². The average molecular weight is 415 g/mol. The molecule has 0 unspecified atom stereocenters. The van der Waals surface area contributed by atoms with Crippen LogP contribution >= 0.6 is 24.0 Å². The number of nitrogens with one attached hydrogen (secondary N) is 1. The monoisotopic (exact) mass is 414 g/mol. The molecule has 3 rings (SSSR count). The summed E-state index contributed by atoms with van der Waals surface area (Å²) in [6, 6.07) is 9.38. The molecule has 3 N–H and O–H groups in total. The summed E-state index contributed by atoms with van der Waals surface area (Å²) in [5.41, 5.74) is 7.09. The molecule has 1 amide bonds. The van der Waals surface area contributed by atoms with Crippen LogP contribution in [-0.2, 0) is 17.9 Å². The number of carbonyl (C=O) groups is 1. The van der Waals surface area contributed by atoms with E-state index in [4.69, 9.17) is 36.3 Å². The zero-order chi connectivity index (χ0) is 18.5. The van der Waals surface area contributed by atoms with Gasteiger partial charge in [0.2, 0.25) is 6.79 Å². The predicted molar refractivity (Wildman–Crippen MR) is 103 cm³/mol. The molecule has 0 saturated heterocycles. The third-order valence-electron chi connectivity index (χ3n) is 3.74. The highest BCUT2D eigenvalue weighted by atomic mass is 35.5. The van der Waals surface area contributed by atoms with Crippen LogP contribution in [0.15, 0.2) is 30.3 Å². The second kappa shape index (κ2) is 9.55. The third-order valence-corrected chi connectivity index (χ3v) is 4.02. The molecular formula is C18H20Cl2N2O5. The van der Waals surface area contributed by atoms with Crippen LogP contribution in [0.25, 0.3) is 0 Å². The predicted octanol–water partition coefficient (Wildman–Crippen LogP) is 2.65. The number of fused-ring (bicyclic) bond motifs is 1. The van der Waals surface area contributed by atoms with Crippen LogP contribution in [-0.4, -0.2) is 26.4 Å². The molecule has 0 spiro atoms. The molecule has 1 heterocycles. The fraction of sp³-hybridized carbons (Fsp3) is 0.278. The van der Waals surface area contributed by atoms with Crippen molar-refractivity contribution in [2.75, 3.05) is 20.5 Å². The largest absolute Gasteiger partial charge is 0.493 e. The topological polar surface area (TPSA) is 92.0 Å². The molecule has 2 aromatic carbocycles. The summed E-state index contributed by atoms with van der Waals surface area (Å²) >= 11 is 6.24. The number of nitrogens with two attached hydrogens (primary N) is 1. The Morgan fingerprint density at radius 2 is 1.93 bits per heavy atom. The number of halogens is 2. The summed E-state index contributed by atoms with van der Waals surface area (Å²) in [6.07, 6.45) is 0. The highest BCUT2D eigenvalue weighted by Gasteiger charge is 2.14. The Bertz CT molecular complexity index is 817. The third kappa shape index (κ3) is 5.32. The van der Waals surface area contributed by atoms with E-state index in [1.165, 1.54) is 7.11 Å². The molecule has 0 atom stereocenters. The Morgan fingerprint density at radius 1 is 1.19 bits per heavy atom. The number of ether oxygens (including phenoxy) is 4. The fourth-order valence-corrected chi connectivity index (χ4v) is 2.85. The Morgan fingerprint density at radius 3 is 2.67 bits per heavy atom. The number of amides is 1. The first-order chi connectivity index (χ1) is 12.6. The van der Waals surface area contributed by atoms with E-state index >= 15 is 0 Å². The summed E-state index contributed by atoms with van der Waals surface area (Å²) < 4.78 is 21.3. The lowest BCUT2D eigenvalue weighted by atomic mass is 10.1. The molecule has 0 aliphatic carbocycles. The summed E-state index contributed by atoms with van der Waals surface area (Å²) in [6.45, 7) is 1.21. The quantitative estimate of drug-likeness (QED) is 0.689. The number of carbonyl (C=O) groups excluding carboxylic acids is 1. The Balaban J connectivity index is 0.00000261. The van der Waals surface area contributed by atoms with Gasteiger partial charge in [0.05, 0.1) is 12.1 Å². The van der Waals surface area contributed by atoms with Crippen LogP contribution < -0.4 is 30.0 Å². The summed E-state index contributed by atoms with van der Waals surface area (Å²) in [7, 11) is 1.51. The van der Waals surface area contributed by atoms with E-state index in [-0.39, 0.29) is 25.8 Å². The van der Waals surface area contributed by atoms with Gasteiger partial charge in [-0.2, -0.15) is 0 Å². The number of hydrogen-bond acceptors (Lipinski definition) is 6. The van der Waals surface area contributed by atoms with E-state index in [9.17, 15) is 4.79 Å². The average Bonchev–Trinajstić information content (AvgIpc) is 3.08. The molecule has 0 fully saturated rings. The highest BCUT2D eigenvalue weighted by molar-refractivity contribution is 6.32. The second-order valence-corrected chi connectivity index (χ2v) is 6.06. The Hall–Kier alpha value is -2.35. The van der Waals surface area contributed by atoms with Gasteiger partial charge in [-0.25, -0.2) is 0 Å². The maximum atomic E-state index is 10.9. The van der Waals surface area contributed by atoms with Crippen molar-refractivity contribution in [3.63, 3.8) is 0 Å². The Labute approximate surface area is 168 Å². The number of benzene rings is 2. The molecule has 0 saturated carbocycles. The first-order valence-corrected chi connectivity index (χ1v) is 8.31. The zero-order valence-electron chi connectivity index (χ0n) is 14.6. The lowest BCUT2D eigenvalue weighted by Crippen LogP contribution is -2.20. The molecular weight excluding hydrogens is 395 g/mol. The van der Waals surface area contributed by atoms with E-state index in [1.807, 2.05) is 18.2 Å². The van der Waals surface area contributed by atoms with Crippen LogP contribution in [0.4, 0.5) is 0 Å². The van der Waals surface area contributed by atoms with Gasteiger partial charge in [-0.15, -0.1) is 12.4 Å². The van der Waals surface area contributed by atoms with Crippen molar-refractivity contribution in [3.05, 3.63) is 46.5 Å². The van der Waals surface area contributed by atoms with Crippen LogP contribution in [0.3, 0.4) is 0 Å². The molecule has 0 aromatic heterocycles. The van der Waals surface area contributed by atoms with E-state index in [0.717, 1.165) is 22.6 Å². The molecule has 146 valence electrons. The van der Waals surface area contributed by atoms with Gasteiger partial charge in [-0.3, -0.25) is 4.79 Å². The van der Waals surface area contributed by atoms with Crippen molar-refractivity contribution in [2.24, 2.45) is 5.73 Å². The summed E-state index contributed by atoms with van der Waals surface area (Å²) in [4.78, 5) is 10.9. The van der Waals surface area contributed by atoms with Gasteiger partial charge >= 0.3 is 0 Å². The SMILES string of the molecule is COc1cc(CNCc2ccc3c(c2)OCO3)cc(Cl)c1OCC(N)=O.Cl. The number of hydrogen-bond donors (Lipinski definition) is 2. The van der Waals surface area contributed by atoms with Crippen molar-refractivity contribution in [3.8, 4) is 23.0 Å². The standard InChI is InChI=1S/C18H19ClN2O5.ClH/c1-23-16-6-12(4-13(19)18(16)24-9-17(20)22)8-21-7-11-2-3-14-15(5-11)26-10-25-14;/h2-6,21H,7-10H2,1H3,(H2,20,22);1H. The molecule has 0 radical (unpaired) electrons. The van der Waals surface area contributed by atoms with Gasteiger partial charge in [0.25, 0.3) is 5.91 Å². The van der Waals surface area contributed by atoms with E-state index in [0.29, 0.717) is 29.6 Å². The van der Waals surface area contributed by atoms with Crippen molar-refractivity contribution in [2.45, 2.75) is 13.1 Å². The molecule has 9 heteroatoms. The van der Waals surface area contributed by atoms with Gasteiger partial charge in [0.15, 0.2) is 29.6 Å². The first-order valence-electron chi connectivity index (χ1n) is 7.93. The van der Waals surface area contributed by atoms with Crippen molar-refractivity contribution < 1.29 is 23.7 Å². The van der Waals surface area contributed by atoms with Gasteiger partial charge < -0.3 is 30.0 Å². The maximum Gasteiger partial charge on any atom is 0.255 e. The van der Waals surface area contributed by atoms with E-state index < -0.39 is 5.91 Å². The molecule has 27 heavy (non-hydrogen) atoms. The lowest BCUT2D eigenvalue weighted by molar-refractivity contribution is -0.119. The number of rotatable bonds is 8. The molecule has 7 nitrogen and oxygen atoms in total. The molecule has 1 aliphatic rings. The molecule has 0 bridgehead atoms. The van der Waals surface area contributed by atoms with Crippen molar-refractivity contribution in [1.82, 2.24) is 5.32 Å². The fourth-order valence-electron chi connectivity index (χ4n) is 2.56. The number of primary amides is 1. The Kier molecular flexibility index (Phi) is 7.41. The van der Waals surface area contributed by atoms with E-state index in [2.05, 4.69) is 5.32 Å². The van der Waals surface area contributed by atoms with Crippen LogP contribution in [0, 0.1) is 0 Å². The minimum atomic E-state index is -0.586. The van der Waals surface area contributed by atoms with Crippen LogP contribution in [0.2, 0.25) is 5.02 Å². The maximum absolute atomic E-state index is 10.9. The minimum Gasteiger partial charge on any atom is -0.493 e. The lowest BCUT2D eigenvalue weighted by Gasteiger charge is -2.14. The second-order valence-electron chi connectivity index (χ2n) is 5.66. The van der Waals surface area contributed by atoms with Gasteiger partial charge in [0.1, 0.15) is 0 Å². The first kappa shape index (κ1) is 21.0. The van der Waals surface area contributed by atoms with E-state index in [1.54, 1.807) is 12.1 Å². The van der Waals surface area contributed by atoms with Gasteiger partial charge in [0, 0.05) is 13.1 Å². The van der Waals surface area contributed by atoms with Gasteiger partial charge in [-0.1, -0.05) is 17.7 Å². The van der Waals surface area contributed by atoms with Gasteiger partial charge in [-0.05, 0) is 35.4 Å². The van der Waals surface area contributed by atoms with Crippen LogP contribution in [0.5, 0.6) is 23.0 Å². The summed E-state index contributed by atoms with van der Waals surface area (Å²) in [5, 5.41) is 3.68. The normalized spacial score (nSPS) is 11.6. The summed E-state index contributed by atoms with van der Waals surface area (Å²) in [5.74, 6) is 1.67. The minimum absolute atomic E-state index is 0. The smallest absolute Gasteiger partial charge is 0.255 e. The molecule has 1 aliphatic heterocycles. The van der Waals surface area contributed by atoms with Crippen molar-refractivity contribution >= 4 is 29.9 Å². The van der Waals surface area contributed by atoms with Crippen LogP contribution in [0.1, 0.15) is 11.1 Å². The zero-order valence-corrected chi connectivity index (χ0v) is 16.2.